The fourth-order valence-electron chi connectivity index (χ4n) is 4.36. The van der Waals surface area contributed by atoms with Crippen LogP contribution in [0.5, 0.6) is 0 Å². The van der Waals surface area contributed by atoms with Crippen LogP contribution in [0, 0.1) is 19.7 Å². The SMILES string of the molecule is C=C(Nc1ccc(F)cc1S(N)(=O)=O)c1cc(C)cc2c(=O)n(C)c(-c3cnc(-c4cnc(C)nc4)nc3)cc12. The van der Waals surface area contributed by atoms with Crippen LogP contribution in [0.2, 0.25) is 0 Å². The number of halogens is 1. The van der Waals surface area contributed by atoms with E-state index < -0.39 is 20.7 Å². The number of aryl methyl sites for hydroxylation is 2. The quantitative estimate of drug-likeness (QED) is 0.319. The predicted molar refractivity (Wildman–Crippen MR) is 151 cm³/mol. The lowest BCUT2D eigenvalue weighted by molar-refractivity contribution is 0.593. The molecule has 0 saturated heterocycles. The van der Waals surface area contributed by atoms with Crippen LogP contribution in [-0.4, -0.2) is 32.9 Å². The van der Waals surface area contributed by atoms with Crippen molar-refractivity contribution in [2.75, 3.05) is 5.32 Å². The van der Waals surface area contributed by atoms with Crippen LogP contribution in [0.3, 0.4) is 0 Å². The summed E-state index contributed by atoms with van der Waals surface area (Å²) in [6, 6.07) is 8.61. The Kier molecular flexibility index (Phi) is 6.74. The van der Waals surface area contributed by atoms with Gasteiger partial charge in [-0.05, 0) is 61.2 Å². The Labute approximate surface area is 229 Å². The Morgan fingerprint density at radius 2 is 1.60 bits per heavy atom. The zero-order valence-corrected chi connectivity index (χ0v) is 22.6. The van der Waals surface area contributed by atoms with Crippen LogP contribution in [0.15, 0.2) is 77.5 Å². The van der Waals surface area contributed by atoms with Crippen LogP contribution >= 0.6 is 0 Å². The molecule has 0 fully saturated rings. The molecule has 5 aromatic rings. The monoisotopic (exact) mass is 557 g/mol. The first-order chi connectivity index (χ1) is 18.9. The molecule has 3 aromatic heterocycles. The first-order valence-electron chi connectivity index (χ1n) is 12.0. The second kappa shape index (κ2) is 10.1. The number of anilines is 1. The highest BCUT2D eigenvalue weighted by Gasteiger charge is 2.19. The highest BCUT2D eigenvalue weighted by molar-refractivity contribution is 7.89. The van der Waals surface area contributed by atoms with Gasteiger partial charge in [0.1, 0.15) is 16.5 Å². The van der Waals surface area contributed by atoms with Gasteiger partial charge in [-0.1, -0.05) is 6.58 Å². The Hall–Kier alpha value is -4.81. The lowest BCUT2D eigenvalue weighted by atomic mass is 9.98. The van der Waals surface area contributed by atoms with E-state index in [1.807, 2.05) is 19.1 Å². The fourth-order valence-corrected chi connectivity index (χ4v) is 5.06. The molecule has 0 atom stereocenters. The number of sulfonamides is 1. The Balaban J connectivity index is 1.61. The lowest BCUT2D eigenvalue weighted by Crippen LogP contribution is -2.19. The maximum absolute atomic E-state index is 13.8. The maximum Gasteiger partial charge on any atom is 0.258 e. The summed E-state index contributed by atoms with van der Waals surface area (Å²) in [6.45, 7) is 7.69. The zero-order valence-electron chi connectivity index (χ0n) is 21.8. The number of rotatable bonds is 6. The molecule has 3 N–H and O–H groups in total. The van der Waals surface area contributed by atoms with E-state index in [2.05, 4.69) is 31.8 Å². The van der Waals surface area contributed by atoms with E-state index in [-0.39, 0.29) is 16.9 Å². The molecule has 0 unspecified atom stereocenters. The summed E-state index contributed by atoms with van der Waals surface area (Å²) in [4.78, 5) is 30.3. The molecule has 0 aliphatic carbocycles. The zero-order chi connectivity index (χ0) is 28.8. The van der Waals surface area contributed by atoms with E-state index in [4.69, 9.17) is 5.14 Å². The minimum absolute atomic E-state index is 0.0525. The molecular weight excluding hydrogens is 533 g/mol. The van der Waals surface area contributed by atoms with Gasteiger partial charge in [0.25, 0.3) is 5.56 Å². The molecule has 0 amide bonds. The number of nitrogens with zero attached hydrogens (tertiary/aromatic N) is 5. The highest BCUT2D eigenvalue weighted by atomic mass is 32.2. The van der Waals surface area contributed by atoms with E-state index in [0.717, 1.165) is 17.7 Å². The van der Waals surface area contributed by atoms with Crippen molar-refractivity contribution in [1.82, 2.24) is 24.5 Å². The fraction of sp³-hybridized carbons (Fsp3) is 0.107. The molecule has 0 bridgehead atoms. The number of fused-ring (bicyclic) bond motifs is 1. The van der Waals surface area contributed by atoms with Crippen molar-refractivity contribution in [3.8, 4) is 22.6 Å². The van der Waals surface area contributed by atoms with Crippen molar-refractivity contribution in [3.05, 3.63) is 101 Å². The predicted octanol–water partition coefficient (Wildman–Crippen LogP) is 3.94. The molecule has 3 heterocycles. The molecule has 10 nitrogen and oxygen atoms in total. The number of benzene rings is 2. The molecule has 2 aromatic carbocycles. The number of hydrogen-bond donors (Lipinski definition) is 2. The highest BCUT2D eigenvalue weighted by Crippen LogP contribution is 2.31. The van der Waals surface area contributed by atoms with Crippen LogP contribution in [0.4, 0.5) is 10.1 Å². The third-order valence-electron chi connectivity index (χ3n) is 6.35. The lowest BCUT2D eigenvalue weighted by Gasteiger charge is -2.17. The summed E-state index contributed by atoms with van der Waals surface area (Å²) >= 11 is 0. The summed E-state index contributed by atoms with van der Waals surface area (Å²) in [6.07, 6.45) is 6.50. The van der Waals surface area contributed by atoms with Crippen molar-refractivity contribution >= 4 is 32.2 Å². The molecule has 0 saturated carbocycles. The van der Waals surface area contributed by atoms with Gasteiger partial charge < -0.3 is 9.88 Å². The van der Waals surface area contributed by atoms with Gasteiger partial charge in [0.15, 0.2) is 5.82 Å². The number of aromatic nitrogens is 5. The number of nitrogens with one attached hydrogen (secondary N) is 1. The molecule has 0 aliphatic heterocycles. The van der Waals surface area contributed by atoms with Gasteiger partial charge >= 0.3 is 0 Å². The standard InChI is InChI=1S/C28H24FN7O3S/c1-15-7-21(16(2)35-24-6-5-20(29)9-26(24)40(30,38)39)22-10-25(36(4)28(37)23(22)8-15)18-11-33-27(34-12-18)19-13-31-17(3)32-14-19/h5-14,35H,2H2,1,3-4H3,(H2,30,38,39). The van der Waals surface area contributed by atoms with E-state index in [0.29, 0.717) is 44.8 Å². The van der Waals surface area contributed by atoms with E-state index >= 15 is 0 Å². The van der Waals surface area contributed by atoms with Crippen LogP contribution < -0.4 is 16.0 Å². The summed E-state index contributed by atoms with van der Waals surface area (Å²) in [5.41, 5.74) is 3.22. The molecular formula is C28H24FN7O3S. The second-order valence-electron chi connectivity index (χ2n) is 9.27. The summed E-state index contributed by atoms with van der Waals surface area (Å²) < 4.78 is 39.5. The molecule has 0 radical (unpaired) electrons. The summed E-state index contributed by atoms with van der Waals surface area (Å²) in [5.74, 6) is 0.319. The van der Waals surface area contributed by atoms with Gasteiger partial charge in [-0.15, -0.1) is 0 Å². The van der Waals surface area contributed by atoms with Crippen molar-refractivity contribution in [3.63, 3.8) is 0 Å². The van der Waals surface area contributed by atoms with E-state index in [9.17, 15) is 17.6 Å². The van der Waals surface area contributed by atoms with Gasteiger partial charge in [-0.25, -0.2) is 37.9 Å². The van der Waals surface area contributed by atoms with Gasteiger partial charge in [0.05, 0.1) is 16.9 Å². The number of hydrogen-bond acceptors (Lipinski definition) is 8. The largest absolute Gasteiger partial charge is 0.354 e. The maximum atomic E-state index is 13.8. The second-order valence-corrected chi connectivity index (χ2v) is 10.8. The Bertz CT molecular complexity index is 1970. The number of primary sulfonamides is 1. The number of nitrogens with two attached hydrogens (primary N) is 1. The normalized spacial score (nSPS) is 11.5. The number of pyridine rings is 1. The smallest absolute Gasteiger partial charge is 0.258 e. The molecule has 40 heavy (non-hydrogen) atoms. The van der Waals surface area contributed by atoms with Crippen molar-refractivity contribution < 1.29 is 12.8 Å². The van der Waals surface area contributed by atoms with Crippen molar-refractivity contribution in [2.45, 2.75) is 18.7 Å². The summed E-state index contributed by atoms with van der Waals surface area (Å²) in [5, 5.41) is 9.24. The van der Waals surface area contributed by atoms with E-state index in [1.54, 1.807) is 44.8 Å². The topological polar surface area (TPSA) is 146 Å². The van der Waals surface area contributed by atoms with Crippen molar-refractivity contribution in [2.24, 2.45) is 12.2 Å². The third-order valence-corrected chi connectivity index (χ3v) is 7.30. The average Bonchev–Trinajstić information content (AvgIpc) is 2.91. The van der Waals surface area contributed by atoms with Gasteiger partial charge in [0.2, 0.25) is 10.0 Å². The minimum Gasteiger partial charge on any atom is -0.354 e. The first-order valence-corrected chi connectivity index (χ1v) is 13.5. The minimum atomic E-state index is -4.23. The first kappa shape index (κ1) is 26.8. The molecule has 0 spiro atoms. The summed E-state index contributed by atoms with van der Waals surface area (Å²) in [7, 11) is -2.58. The van der Waals surface area contributed by atoms with E-state index in [1.165, 1.54) is 10.6 Å². The van der Waals surface area contributed by atoms with Crippen LogP contribution in [0.25, 0.3) is 39.1 Å². The molecule has 0 aliphatic rings. The van der Waals surface area contributed by atoms with Crippen molar-refractivity contribution in [1.29, 1.82) is 0 Å². The average molecular weight is 558 g/mol. The molecule has 5 rings (SSSR count). The molecule has 202 valence electrons. The van der Waals surface area contributed by atoms with Gasteiger partial charge in [-0.2, -0.15) is 0 Å². The third kappa shape index (κ3) is 5.09. The Morgan fingerprint density at radius 1 is 0.950 bits per heavy atom. The Morgan fingerprint density at radius 3 is 2.25 bits per heavy atom. The molecule has 12 heteroatoms. The van der Waals surface area contributed by atoms with Crippen LogP contribution in [0.1, 0.15) is 17.0 Å². The van der Waals surface area contributed by atoms with Crippen LogP contribution in [-0.2, 0) is 17.1 Å². The van der Waals surface area contributed by atoms with Gasteiger partial charge in [0, 0.05) is 54.0 Å². The van der Waals surface area contributed by atoms with Gasteiger partial charge in [-0.3, -0.25) is 4.79 Å².